The van der Waals surface area contributed by atoms with E-state index >= 15 is 0 Å². The predicted molar refractivity (Wildman–Crippen MR) is 59.3 cm³/mol. The molecule has 0 spiro atoms. The van der Waals surface area contributed by atoms with Crippen LogP contribution < -0.4 is 5.32 Å². The van der Waals surface area contributed by atoms with Gasteiger partial charge in [-0.1, -0.05) is 18.2 Å². The van der Waals surface area contributed by atoms with E-state index in [0.29, 0.717) is 5.56 Å². The van der Waals surface area contributed by atoms with Crippen LogP contribution in [0.1, 0.15) is 5.56 Å². The van der Waals surface area contributed by atoms with Gasteiger partial charge in [0.1, 0.15) is 0 Å². The van der Waals surface area contributed by atoms with Crippen LogP contribution in [0, 0.1) is 6.92 Å². The Morgan fingerprint density at radius 3 is 2.56 bits per heavy atom. The highest BCUT2D eigenvalue weighted by molar-refractivity contribution is 7.91. The average Bonchev–Trinajstić information content (AvgIpc) is 2.17. The van der Waals surface area contributed by atoms with Gasteiger partial charge in [0.25, 0.3) is 0 Å². The molecular weight excluding hydrogens is 230 g/mol. The lowest BCUT2D eigenvalue weighted by Gasteiger charge is -2.07. The van der Waals surface area contributed by atoms with Crippen LogP contribution in [0.3, 0.4) is 0 Å². The Morgan fingerprint density at radius 2 is 2.00 bits per heavy atom. The lowest BCUT2D eigenvalue weighted by atomic mass is 10.2. The molecule has 88 valence electrons. The maximum absolute atomic E-state index is 11.8. The Hall–Kier alpha value is -1.56. The molecule has 1 amide bonds. The molecule has 0 aliphatic heterocycles. The van der Waals surface area contributed by atoms with Gasteiger partial charge in [-0.25, -0.2) is 13.2 Å². The summed E-state index contributed by atoms with van der Waals surface area (Å²) in [4.78, 5) is 10.4. The number of benzene rings is 1. The molecule has 0 saturated carbocycles. The Kier molecular flexibility index (Phi) is 3.89. The topological polar surface area (TPSA) is 83.5 Å². The molecule has 0 unspecified atom stereocenters. The van der Waals surface area contributed by atoms with Crippen LogP contribution >= 0.6 is 0 Å². The zero-order chi connectivity index (χ0) is 12.2. The smallest absolute Gasteiger partial charge is 0.404 e. The third-order valence-electron chi connectivity index (χ3n) is 2.08. The Balaban J connectivity index is 2.79. The molecule has 0 heterocycles. The van der Waals surface area contributed by atoms with Crippen molar-refractivity contribution in [3.8, 4) is 0 Å². The van der Waals surface area contributed by atoms with Crippen LogP contribution in [-0.4, -0.2) is 31.9 Å². The molecule has 0 bridgehead atoms. The number of hydrogen-bond donors (Lipinski definition) is 2. The molecule has 0 saturated heterocycles. The van der Waals surface area contributed by atoms with Crippen molar-refractivity contribution in [3.05, 3.63) is 29.8 Å². The van der Waals surface area contributed by atoms with Gasteiger partial charge in [0.2, 0.25) is 0 Å². The van der Waals surface area contributed by atoms with Gasteiger partial charge in [0, 0.05) is 6.54 Å². The molecule has 5 nitrogen and oxygen atoms in total. The molecule has 0 fully saturated rings. The number of rotatable bonds is 4. The van der Waals surface area contributed by atoms with E-state index in [2.05, 4.69) is 0 Å². The van der Waals surface area contributed by atoms with E-state index in [1.165, 1.54) is 6.07 Å². The maximum Gasteiger partial charge on any atom is 0.404 e. The quantitative estimate of drug-likeness (QED) is 0.827. The van der Waals surface area contributed by atoms with Gasteiger partial charge in [-0.15, -0.1) is 0 Å². The number of carbonyl (C=O) groups is 1. The Labute approximate surface area is 94.0 Å². The molecule has 0 atom stereocenters. The van der Waals surface area contributed by atoms with Crippen molar-refractivity contribution in [2.75, 3.05) is 12.3 Å². The largest absolute Gasteiger partial charge is 0.465 e. The van der Waals surface area contributed by atoms with Crippen molar-refractivity contribution in [1.82, 2.24) is 5.32 Å². The average molecular weight is 243 g/mol. The third-order valence-corrected chi connectivity index (χ3v) is 3.95. The summed E-state index contributed by atoms with van der Waals surface area (Å²) >= 11 is 0. The van der Waals surface area contributed by atoms with Crippen LogP contribution in [0.4, 0.5) is 4.79 Å². The second-order valence-electron chi connectivity index (χ2n) is 3.32. The summed E-state index contributed by atoms with van der Waals surface area (Å²) in [6.07, 6.45) is -1.22. The molecule has 1 rings (SSSR count). The first-order valence-electron chi connectivity index (χ1n) is 4.68. The molecular formula is C10H13NO4S. The summed E-state index contributed by atoms with van der Waals surface area (Å²) in [7, 11) is -3.41. The number of sulfone groups is 1. The summed E-state index contributed by atoms with van der Waals surface area (Å²) in [6.45, 7) is 1.60. The fraction of sp³-hybridized carbons (Fsp3) is 0.300. The van der Waals surface area contributed by atoms with E-state index < -0.39 is 15.9 Å². The second kappa shape index (κ2) is 4.98. The fourth-order valence-electron chi connectivity index (χ4n) is 1.31. The lowest BCUT2D eigenvalue weighted by molar-refractivity contribution is 0.195. The van der Waals surface area contributed by atoms with Crippen LogP contribution in [0.2, 0.25) is 0 Å². The maximum atomic E-state index is 11.8. The number of carboxylic acid groups (broad SMARTS) is 1. The van der Waals surface area contributed by atoms with Gasteiger partial charge in [-0.05, 0) is 18.6 Å². The molecule has 0 aliphatic rings. The van der Waals surface area contributed by atoms with Gasteiger partial charge < -0.3 is 10.4 Å². The third kappa shape index (κ3) is 3.23. The molecule has 0 radical (unpaired) electrons. The lowest BCUT2D eigenvalue weighted by Crippen LogP contribution is -2.27. The van der Waals surface area contributed by atoms with Crippen molar-refractivity contribution in [2.24, 2.45) is 0 Å². The monoisotopic (exact) mass is 243 g/mol. The van der Waals surface area contributed by atoms with E-state index in [1.807, 2.05) is 5.32 Å². The van der Waals surface area contributed by atoms with E-state index in [1.54, 1.807) is 25.1 Å². The van der Waals surface area contributed by atoms with Crippen molar-refractivity contribution in [2.45, 2.75) is 11.8 Å². The van der Waals surface area contributed by atoms with Gasteiger partial charge in [-0.3, -0.25) is 0 Å². The van der Waals surface area contributed by atoms with E-state index in [4.69, 9.17) is 5.11 Å². The first-order valence-corrected chi connectivity index (χ1v) is 6.34. The van der Waals surface area contributed by atoms with Gasteiger partial charge in [-0.2, -0.15) is 0 Å². The molecule has 6 heteroatoms. The number of aryl methyl sites for hydroxylation is 1. The summed E-state index contributed by atoms with van der Waals surface area (Å²) in [6, 6.07) is 6.62. The summed E-state index contributed by atoms with van der Waals surface area (Å²) < 4.78 is 23.6. The van der Waals surface area contributed by atoms with Gasteiger partial charge in [0.15, 0.2) is 9.84 Å². The highest BCUT2D eigenvalue weighted by Crippen LogP contribution is 2.15. The SMILES string of the molecule is Cc1ccccc1S(=O)(=O)CCNC(=O)O. The number of nitrogens with one attached hydrogen (secondary N) is 1. The Morgan fingerprint density at radius 1 is 1.38 bits per heavy atom. The van der Waals surface area contributed by atoms with Crippen LogP contribution in [0.15, 0.2) is 29.2 Å². The summed E-state index contributed by atoms with van der Waals surface area (Å²) in [5, 5.41) is 10.4. The van der Waals surface area contributed by atoms with Crippen molar-refractivity contribution >= 4 is 15.9 Å². The molecule has 1 aromatic rings. The first-order chi connectivity index (χ1) is 7.43. The van der Waals surface area contributed by atoms with E-state index in [9.17, 15) is 13.2 Å². The highest BCUT2D eigenvalue weighted by atomic mass is 32.2. The summed E-state index contributed by atoms with van der Waals surface area (Å²) in [5.74, 6) is -0.232. The molecule has 0 aliphatic carbocycles. The number of amides is 1. The fourth-order valence-corrected chi connectivity index (χ4v) is 2.74. The Bertz CT molecular complexity index is 481. The van der Waals surface area contributed by atoms with Crippen LogP contribution in [0.5, 0.6) is 0 Å². The first kappa shape index (κ1) is 12.5. The zero-order valence-electron chi connectivity index (χ0n) is 8.80. The van der Waals surface area contributed by atoms with Crippen LogP contribution in [0.25, 0.3) is 0 Å². The minimum Gasteiger partial charge on any atom is -0.465 e. The molecule has 2 N–H and O–H groups in total. The van der Waals surface area contributed by atoms with Crippen molar-refractivity contribution in [1.29, 1.82) is 0 Å². The van der Waals surface area contributed by atoms with Crippen molar-refractivity contribution < 1.29 is 18.3 Å². The van der Waals surface area contributed by atoms with E-state index in [-0.39, 0.29) is 17.2 Å². The predicted octanol–water partition coefficient (Wildman–Crippen LogP) is 1.04. The summed E-state index contributed by atoms with van der Waals surface area (Å²) in [5.41, 5.74) is 0.665. The van der Waals surface area contributed by atoms with Gasteiger partial charge in [0.05, 0.1) is 10.6 Å². The minimum absolute atomic E-state index is 0.105. The molecule has 0 aromatic heterocycles. The minimum atomic E-state index is -3.41. The highest BCUT2D eigenvalue weighted by Gasteiger charge is 2.16. The normalized spacial score (nSPS) is 11.1. The number of hydrogen-bond acceptors (Lipinski definition) is 3. The molecule has 1 aromatic carbocycles. The zero-order valence-corrected chi connectivity index (χ0v) is 9.62. The van der Waals surface area contributed by atoms with Crippen LogP contribution in [-0.2, 0) is 9.84 Å². The molecule has 16 heavy (non-hydrogen) atoms. The standard InChI is InChI=1S/C10H13NO4S/c1-8-4-2-3-5-9(8)16(14,15)7-6-11-10(12)13/h2-5,11H,6-7H2,1H3,(H,12,13). The van der Waals surface area contributed by atoms with E-state index in [0.717, 1.165) is 0 Å². The van der Waals surface area contributed by atoms with Crippen molar-refractivity contribution in [3.63, 3.8) is 0 Å². The van der Waals surface area contributed by atoms with Gasteiger partial charge >= 0.3 is 6.09 Å². The second-order valence-corrected chi connectivity index (χ2v) is 5.39.